The van der Waals surface area contributed by atoms with Gasteiger partial charge in [-0.1, -0.05) is 0 Å². The maximum Gasteiger partial charge on any atom is 0.149 e. The molecule has 0 amide bonds. The molecule has 2 heterocycles. The molecule has 3 heteroatoms. The van der Waals surface area contributed by atoms with E-state index in [2.05, 4.69) is 15.3 Å². The molecule has 0 saturated carbocycles. The number of aromatic amines is 1. The summed E-state index contributed by atoms with van der Waals surface area (Å²) in [6.45, 7) is 0.954. The van der Waals surface area contributed by atoms with Gasteiger partial charge in [-0.3, -0.25) is 0 Å². The molecule has 0 spiro atoms. The van der Waals surface area contributed by atoms with E-state index in [9.17, 15) is 0 Å². The van der Waals surface area contributed by atoms with Crippen LogP contribution in [0.1, 0.15) is 5.69 Å². The van der Waals surface area contributed by atoms with Crippen LogP contribution >= 0.6 is 0 Å². The second kappa shape index (κ2) is 0.804. The molecule has 0 atom stereocenters. The molecule has 2 N–H and O–H groups in total. The molecule has 0 fully saturated rings. The average molecular weight is 95.1 g/mol. The summed E-state index contributed by atoms with van der Waals surface area (Å²) < 4.78 is 0. The lowest BCUT2D eigenvalue weighted by Gasteiger charge is -2.12. The van der Waals surface area contributed by atoms with Gasteiger partial charge in [-0.25, -0.2) is 4.98 Å². The van der Waals surface area contributed by atoms with Crippen molar-refractivity contribution >= 4 is 5.82 Å². The summed E-state index contributed by atoms with van der Waals surface area (Å²) in [5.74, 6) is 1.01. The molecular weight excluding hydrogens is 90.1 g/mol. The van der Waals surface area contributed by atoms with Crippen LogP contribution in [-0.2, 0) is 6.54 Å². The van der Waals surface area contributed by atoms with Gasteiger partial charge in [0.05, 0.1) is 18.6 Å². The first-order valence-corrected chi connectivity index (χ1v) is 2.23. The van der Waals surface area contributed by atoms with Crippen molar-refractivity contribution in [1.29, 1.82) is 0 Å². The Morgan fingerprint density at radius 3 is 3.00 bits per heavy atom. The van der Waals surface area contributed by atoms with E-state index in [-0.39, 0.29) is 0 Å². The van der Waals surface area contributed by atoms with E-state index in [4.69, 9.17) is 0 Å². The Balaban J connectivity index is 2.69. The van der Waals surface area contributed by atoms with Crippen molar-refractivity contribution in [1.82, 2.24) is 9.97 Å². The van der Waals surface area contributed by atoms with Gasteiger partial charge in [-0.15, -0.1) is 0 Å². The molecule has 1 aliphatic rings. The van der Waals surface area contributed by atoms with Gasteiger partial charge in [-0.2, -0.15) is 0 Å². The first kappa shape index (κ1) is 3.07. The van der Waals surface area contributed by atoms with Crippen LogP contribution in [0.4, 0.5) is 5.82 Å². The van der Waals surface area contributed by atoms with Crippen LogP contribution in [0.2, 0.25) is 0 Å². The van der Waals surface area contributed by atoms with E-state index in [0.29, 0.717) is 0 Å². The fourth-order valence-corrected chi connectivity index (χ4v) is 0.674. The fourth-order valence-electron chi connectivity index (χ4n) is 0.674. The predicted molar refractivity (Wildman–Crippen MR) is 25.9 cm³/mol. The molecule has 3 nitrogen and oxygen atoms in total. The first-order chi connectivity index (χ1) is 3.47. The third-order valence-electron chi connectivity index (χ3n) is 1.15. The number of fused-ring (bicyclic) bond motifs is 1. The van der Waals surface area contributed by atoms with Gasteiger partial charge in [0.1, 0.15) is 5.82 Å². The SMILES string of the molecule is c1nc2c([nH]1)CN2. The number of imidazole rings is 1. The molecule has 0 bridgehead atoms. The fraction of sp³-hybridized carbons (Fsp3) is 0.250. The first-order valence-electron chi connectivity index (χ1n) is 2.23. The van der Waals surface area contributed by atoms with E-state index >= 15 is 0 Å². The zero-order valence-electron chi connectivity index (χ0n) is 3.73. The van der Waals surface area contributed by atoms with Crippen LogP contribution in [0.5, 0.6) is 0 Å². The minimum absolute atomic E-state index is 0.954. The van der Waals surface area contributed by atoms with Gasteiger partial charge in [0.15, 0.2) is 0 Å². The smallest absolute Gasteiger partial charge is 0.149 e. The lowest BCUT2D eigenvalue weighted by Crippen LogP contribution is -2.12. The summed E-state index contributed by atoms with van der Waals surface area (Å²) in [5.41, 5.74) is 1.22. The van der Waals surface area contributed by atoms with Crippen molar-refractivity contribution in [2.24, 2.45) is 0 Å². The van der Waals surface area contributed by atoms with Crippen LogP contribution in [0.3, 0.4) is 0 Å². The summed E-state index contributed by atoms with van der Waals surface area (Å²) >= 11 is 0. The van der Waals surface area contributed by atoms with Gasteiger partial charge >= 0.3 is 0 Å². The van der Waals surface area contributed by atoms with Crippen LogP contribution in [0.15, 0.2) is 6.33 Å². The highest BCUT2D eigenvalue weighted by atomic mass is 15.1. The van der Waals surface area contributed by atoms with Gasteiger partial charge in [0.2, 0.25) is 0 Å². The summed E-state index contributed by atoms with van der Waals surface area (Å²) in [6.07, 6.45) is 1.70. The van der Waals surface area contributed by atoms with E-state index < -0.39 is 0 Å². The highest BCUT2D eigenvalue weighted by Gasteiger charge is 2.12. The summed E-state index contributed by atoms with van der Waals surface area (Å²) in [6, 6.07) is 0. The Morgan fingerprint density at radius 1 is 1.71 bits per heavy atom. The second-order valence-electron chi connectivity index (χ2n) is 1.58. The summed E-state index contributed by atoms with van der Waals surface area (Å²) in [5, 5.41) is 3.03. The second-order valence-corrected chi connectivity index (χ2v) is 1.58. The summed E-state index contributed by atoms with van der Waals surface area (Å²) in [7, 11) is 0. The standard InChI is InChI=1S/C4H5N3/c1-3-4(5-1)7-2-6-3/h2,5H,1H2,(H,6,7). The van der Waals surface area contributed by atoms with Gasteiger partial charge in [0.25, 0.3) is 0 Å². The number of hydrogen-bond acceptors (Lipinski definition) is 2. The minimum Gasteiger partial charge on any atom is -0.363 e. The van der Waals surface area contributed by atoms with Crippen molar-refractivity contribution in [3.63, 3.8) is 0 Å². The van der Waals surface area contributed by atoms with E-state index in [0.717, 1.165) is 12.4 Å². The molecule has 0 saturated heterocycles. The number of nitrogens with one attached hydrogen (secondary N) is 2. The Labute approximate surface area is 40.8 Å². The Kier molecular flexibility index (Phi) is 0.353. The molecule has 0 radical (unpaired) electrons. The van der Waals surface area contributed by atoms with Crippen molar-refractivity contribution in [3.05, 3.63) is 12.0 Å². The molecule has 0 aromatic carbocycles. The molecule has 36 valence electrons. The van der Waals surface area contributed by atoms with Crippen molar-refractivity contribution in [2.75, 3.05) is 5.32 Å². The lowest BCUT2D eigenvalue weighted by atomic mass is 10.3. The molecule has 1 aliphatic heterocycles. The van der Waals surface area contributed by atoms with E-state index in [1.165, 1.54) is 5.69 Å². The zero-order valence-corrected chi connectivity index (χ0v) is 3.73. The topological polar surface area (TPSA) is 40.7 Å². The highest BCUT2D eigenvalue weighted by Crippen LogP contribution is 2.18. The summed E-state index contributed by atoms with van der Waals surface area (Å²) in [4.78, 5) is 6.92. The highest BCUT2D eigenvalue weighted by molar-refractivity contribution is 5.49. The predicted octanol–water partition coefficient (Wildman–Crippen LogP) is 0.335. The van der Waals surface area contributed by atoms with Crippen molar-refractivity contribution < 1.29 is 0 Å². The molecule has 7 heavy (non-hydrogen) atoms. The number of anilines is 1. The molecule has 2 rings (SSSR count). The van der Waals surface area contributed by atoms with Crippen LogP contribution in [-0.4, -0.2) is 9.97 Å². The number of rotatable bonds is 0. The molecule has 0 aliphatic carbocycles. The van der Waals surface area contributed by atoms with Gasteiger partial charge < -0.3 is 10.3 Å². The number of nitrogens with zero attached hydrogens (tertiary/aromatic N) is 1. The maximum atomic E-state index is 3.94. The van der Waals surface area contributed by atoms with E-state index in [1.54, 1.807) is 6.33 Å². The van der Waals surface area contributed by atoms with Crippen molar-refractivity contribution in [3.8, 4) is 0 Å². The van der Waals surface area contributed by atoms with Crippen LogP contribution in [0.25, 0.3) is 0 Å². The molecule has 1 aromatic heterocycles. The number of H-pyrrole nitrogens is 1. The monoisotopic (exact) mass is 95.0 g/mol. The Morgan fingerprint density at radius 2 is 2.71 bits per heavy atom. The van der Waals surface area contributed by atoms with Gasteiger partial charge in [0, 0.05) is 0 Å². The minimum atomic E-state index is 0.954. The average Bonchev–Trinajstić information content (AvgIpc) is 1.85. The van der Waals surface area contributed by atoms with Crippen molar-refractivity contribution in [2.45, 2.75) is 6.54 Å². The molecule has 0 unspecified atom stereocenters. The Hall–Kier alpha value is -0.990. The lowest BCUT2D eigenvalue weighted by molar-refractivity contribution is 0.987. The largest absolute Gasteiger partial charge is 0.363 e. The van der Waals surface area contributed by atoms with Gasteiger partial charge in [-0.05, 0) is 0 Å². The third kappa shape index (κ3) is 0.231. The third-order valence-corrected chi connectivity index (χ3v) is 1.15. The van der Waals surface area contributed by atoms with Crippen LogP contribution < -0.4 is 5.32 Å². The molecule has 1 aromatic rings. The number of aromatic nitrogens is 2. The Bertz CT molecular complexity index is 160. The normalized spacial score (nSPS) is 14.3. The molecular formula is C4H5N3. The maximum absolute atomic E-state index is 3.94. The zero-order chi connectivity index (χ0) is 4.69. The van der Waals surface area contributed by atoms with Crippen LogP contribution in [0, 0.1) is 0 Å². The quantitative estimate of drug-likeness (QED) is 0.487. The van der Waals surface area contributed by atoms with E-state index in [1.807, 2.05) is 0 Å². The number of hydrogen-bond donors (Lipinski definition) is 2.